The highest BCUT2D eigenvalue weighted by Gasteiger charge is 2.07. The molecule has 0 aliphatic heterocycles. The first-order chi connectivity index (χ1) is 9.88. The van der Waals surface area contributed by atoms with Gasteiger partial charge in [-0.2, -0.15) is 5.10 Å². The fourth-order valence-corrected chi connectivity index (χ4v) is 2.30. The summed E-state index contributed by atoms with van der Waals surface area (Å²) in [5.74, 6) is 0. The maximum absolute atomic E-state index is 6.03. The number of hydrogen-bond acceptors (Lipinski definition) is 3. The molecule has 5 heteroatoms. The summed E-state index contributed by atoms with van der Waals surface area (Å²) >= 11 is 12.0. The standard InChI is InChI=1S/C16H17Cl2N3/c1-10-4-7-16(19)13(8-10)11(2)20-21(3)12-5-6-14(17)15(18)9-12/h4-9H,19H2,1-3H3/b20-11+. The van der Waals surface area contributed by atoms with Crippen LogP contribution in [0.1, 0.15) is 18.1 Å². The monoisotopic (exact) mass is 321 g/mol. The maximum Gasteiger partial charge on any atom is 0.0671 e. The van der Waals surface area contributed by atoms with Gasteiger partial charge in [-0.3, -0.25) is 5.01 Å². The summed E-state index contributed by atoms with van der Waals surface area (Å²) in [5.41, 5.74) is 10.5. The van der Waals surface area contributed by atoms with E-state index in [0.717, 1.165) is 22.5 Å². The zero-order valence-corrected chi connectivity index (χ0v) is 13.7. The molecule has 0 bridgehead atoms. The van der Waals surface area contributed by atoms with E-state index in [0.29, 0.717) is 15.7 Å². The third kappa shape index (κ3) is 3.69. The van der Waals surface area contributed by atoms with Crippen LogP contribution < -0.4 is 10.7 Å². The molecule has 0 aromatic heterocycles. The van der Waals surface area contributed by atoms with Gasteiger partial charge in [-0.1, -0.05) is 34.8 Å². The molecule has 0 amide bonds. The predicted octanol–water partition coefficient (Wildman–Crippen LogP) is 4.74. The van der Waals surface area contributed by atoms with E-state index in [1.807, 2.05) is 45.2 Å². The van der Waals surface area contributed by atoms with Crippen LogP contribution >= 0.6 is 23.2 Å². The van der Waals surface area contributed by atoms with Crippen LogP contribution in [0.4, 0.5) is 11.4 Å². The van der Waals surface area contributed by atoms with Crippen LogP contribution in [0.3, 0.4) is 0 Å². The van der Waals surface area contributed by atoms with Gasteiger partial charge in [-0.15, -0.1) is 0 Å². The smallest absolute Gasteiger partial charge is 0.0671 e. The molecule has 0 saturated carbocycles. The van der Waals surface area contributed by atoms with Crippen LogP contribution in [0, 0.1) is 6.92 Å². The number of hydrazone groups is 1. The van der Waals surface area contributed by atoms with Crippen molar-refractivity contribution in [1.82, 2.24) is 0 Å². The van der Waals surface area contributed by atoms with E-state index in [1.54, 1.807) is 17.1 Å². The second kappa shape index (κ2) is 6.37. The van der Waals surface area contributed by atoms with E-state index in [-0.39, 0.29) is 0 Å². The fourth-order valence-electron chi connectivity index (χ4n) is 2.01. The average Bonchev–Trinajstić information content (AvgIpc) is 2.44. The van der Waals surface area contributed by atoms with Crippen LogP contribution in [-0.2, 0) is 0 Å². The maximum atomic E-state index is 6.03. The zero-order valence-electron chi connectivity index (χ0n) is 12.2. The lowest BCUT2D eigenvalue weighted by molar-refractivity contribution is 1.01. The number of anilines is 2. The minimum Gasteiger partial charge on any atom is -0.398 e. The van der Waals surface area contributed by atoms with Gasteiger partial charge in [0.25, 0.3) is 0 Å². The Labute approximate surface area is 135 Å². The van der Waals surface area contributed by atoms with Crippen LogP contribution in [0.5, 0.6) is 0 Å². The predicted molar refractivity (Wildman–Crippen MR) is 92.7 cm³/mol. The molecule has 2 aromatic rings. The third-order valence-electron chi connectivity index (χ3n) is 3.18. The summed E-state index contributed by atoms with van der Waals surface area (Å²) in [6.45, 7) is 3.96. The Bertz CT molecular complexity index is 696. The van der Waals surface area contributed by atoms with Crippen molar-refractivity contribution in [3.8, 4) is 0 Å². The van der Waals surface area contributed by atoms with Crippen LogP contribution in [0.15, 0.2) is 41.5 Å². The van der Waals surface area contributed by atoms with Crippen molar-refractivity contribution in [1.29, 1.82) is 0 Å². The second-order valence-electron chi connectivity index (χ2n) is 4.90. The van der Waals surface area contributed by atoms with Gasteiger partial charge in [-0.25, -0.2) is 0 Å². The fraction of sp³-hybridized carbons (Fsp3) is 0.188. The first-order valence-electron chi connectivity index (χ1n) is 6.49. The Morgan fingerprint density at radius 3 is 2.48 bits per heavy atom. The number of nitrogens with zero attached hydrogens (tertiary/aromatic N) is 2. The average molecular weight is 322 g/mol. The number of nitrogen functional groups attached to an aromatic ring is 1. The van der Waals surface area contributed by atoms with Crippen molar-refractivity contribution >= 4 is 40.3 Å². The summed E-state index contributed by atoms with van der Waals surface area (Å²) in [6, 6.07) is 11.3. The summed E-state index contributed by atoms with van der Waals surface area (Å²) in [6.07, 6.45) is 0. The topological polar surface area (TPSA) is 41.6 Å². The molecule has 0 aliphatic rings. The molecular weight excluding hydrogens is 305 g/mol. The minimum absolute atomic E-state index is 0.504. The van der Waals surface area contributed by atoms with Gasteiger partial charge in [0.1, 0.15) is 0 Å². The molecule has 21 heavy (non-hydrogen) atoms. The quantitative estimate of drug-likeness (QED) is 0.503. The highest BCUT2D eigenvalue weighted by molar-refractivity contribution is 6.42. The lowest BCUT2D eigenvalue weighted by Crippen LogP contribution is -2.13. The molecule has 2 aromatic carbocycles. The van der Waals surface area contributed by atoms with Gasteiger partial charge < -0.3 is 5.73 Å². The minimum atomic E-state index is 0.504. The molecule has 2 rings (SSSR count). The normalized spacial score (nSPS) is 11.6. The van der Waals surface area contributed by atoms with Gasteiger partial charge in [-0.05, 0) is 44.2 Å². The Morgan fingerprint density at radius 2 is 1.81 bits per heavy atom. The zero-order chi connectivity index (χ0) is 15.6. The summed E-state index contributed by atoms with van der Waals surface area (Å²) in [7, 11) is 1.86. The Hall–Kier alpha value is -1.71. The molecule has 0 unspecified atom stereocenters. The Morgan fingerprint density at radius 1 is 1.10 bits per heavy atom. The Balaban J connectivity index is 2.33. The number of hydrogen-bond donors (Lipinski definition) is 1. The number of benzene rings is 2. The highest BCUT2D eigenvalue weighted by Crippen LogP contribution is 2.27. The van der Waals surface area contributed by atoms with Crippen molar-refractivity contribution in [2.24, 2.45) is 5.10 Å². The van der Waals surface area contributed by atoms with Crippen molar-refractivity contribution in [2.75, 3.05) is 17.8 Å². The first-order valence-corrected chi connectivity index (χ1v) is 7.24. The summed E-state index contributed by atoms with van der Waals surface area (Å²) < 4.78 is 0. The van der Waals surface area contributed by atoms with E-state index < -0.39 is 0 Å². The van der Waals surface area contributed by atoms with E-state index in [1.165, 1.54) is 0 Å². The molecule has 0 saturated heterocycles. The molecule has 3 nitrogen and oxygen atoms in total. The van der Waals surface area contributed by atoms with Crippen molar-refractivity contribution < 1.29 is 0 Å². The van der Waals surface area contributed by atoms with Gasteiger partial charge in [0.2, 0.25) is 0 Å². The summed E-state index contributed by atoms with van der Waals surface area (Å²) in [4.78, 5) is 0. The van der Waals surface area contributed by atoms with E-state index in [4.69, 9.17) is 28.9 Å². The number of nitrogens with two attached hydrogens (primary N) is 1. The van der Waals surface area contributed by atoms with Gasteiger partial charge in [0.05, 0.1) is 21.4 Å². The number of halogens is 2. The molecule has 110 valence electrons. The molecule has 0 spiro atoms. The van der Waals surface area contributed by atoms with Gasteiger partial charge in [0.15, 0.2) is 0 Å². The second-order valence-corrected chi connectivity index (χ2v) is 5.71. The highest BCUT2D eigenvalue weighted by atomic mass is 35.5. The summed E-state index contributed by atoms with van der Waals surface area (Å²) in [5, 5.41) is 7.34. The number of aryl methyl sites for hydroxylation is 1. The van der Waals surface area contributed by atoms with Crippen molar-refractivity contribution in [3.63, 3.8) is 0 Å². The van der Waals surface area contributed by atoms with Crippen LogP contribution in [0.25, 0.3) is 0 Å². The SMILES string of the molecule is C/C(=N\N(C)c1ccc(Cl)c(Cl)c1)c1cc(C)ccc1N. The molecule has 0 fully saturated rings. The first kappa shape index (κ1) is 15.7. The third-order valence-corrected chi connectivity index (χ3v) is 3.91. The van der Waals surface area contributed by atoms with Crippen molar-refractivity contribution in [2.45, 2.75) is 13.8 Å². The molecular formula is C16H17Cl2N3. The Kier molecular flexibility index (Phi) is 4.76. The lowest BCUT2D eigenvalue weighted by Gasteiger charge is -2.16. The van der Waals surface area contributed by atoms with Crippen LogP contribution in [0.2, 0.25) is 10.0 Å². The lowest BCUT2D eigenvalue weighted by atomic mass is 10.1. The molecule has 0 aliphatic carbocycles. The van der Waals surface area contributed by atoms with Crippen LogP contribution in [-0.4, -0.2) is 12.8 Å². The molecule has 0 radical (unpaired) electrons. The van der Waals surface area contributed by atoms with Crippen molar-refractivity contribution in [3.05, 3.63) is 57.6 Å². The number of rotatable bonds is 3. The van der Waals surface area contributed by atoms with E-state index >= 15 is 0 Å². The van der Waals surface area contributed by atoms with Gasteiger partial charge in [0, 0.05) is 18.3 Å². The van der Waals surface area contributed by atoms with Gasteiger partial charge >= 0.3 is 0 Å². The van der Waals surface area contributed by atoms with E-state index in [2.05, 4.69) is 5.10 Å². The molecule has 0 atom stereocenters. The molecule has 2 N–H and O–H groups in total. The largest absolute Gasteiger partial charge is 0.398 e. The van der Waals surface area contributed by atoms with E-state index in [9.17, 15) is 0 Å². The molecule has 0 heterocycles.